The van der Waals surface area contributed by atoms with E-state index in [9.17, 15) is 0 Å². The molecule has 2 heteroatoms. The maximum Gasteiger partial charge on any atom is 0.0824 e. The fraction of sp³-hybridized carbons (Fsp3) is 1.00. The van der Waals surface area contributed by atoms with E-state index in [0.29, 0.717) is 12.1 Å². The van der Waals surface area contributed by atoms with E-state index in [0.717, 1.165) is 19.4 Å². The molecule has 2 nitrogen and oxygen atoms in total. The number of rotatable bonds is 4. The average molecular weight is 129 g/mol. The van der Waals surface area contributed by atoms with Crippen LogP contribution in [0.1, 0.15) is 26.2 Å². The van der Waals surface area contributed by atoms with Gasteiger partial charge in [-0.05, 0) is 12.8 Å². The summed E-state index contributed by atoms with van der Waals surface area (Å²) in [5.41, 5.74) is 5.75. The Morgan fingerprint density at radius 2 is 2.44 bits per heavy atom. The van der Waals surface area contributed by atoms with E-state index in [1.807, 2.05) is 0 Å². The van der Waals surface area contributed by atoms with Gasteiger partial charge in [0.2, 0.25) is 0 Å². The Morgan fingerprint density at radius 3 is 2.89 bits per heavy atom. The minimum atomic E-state index is 0.377. The minimum absolute atomic E-state index is 0.377. The Labute approximate surface area is 56.4 Å². The summed E-state index contributed by atoms with van der Waals surface area (Å²) in [7, 11) is 0. The predicted octanol–water partition coefficient (Wildman–Crippen LogP) is 0.903. The lowest BCUT2D eigenvalue weighted by molar-refractivity contribution is 0.374. The smallest absolute Gasteiger partial charge is 0.0824 e. The summed E-state index contributed by atoms with van der Waals surface area (Å²) in [4.78, 5) is 0. The Bertz CT molecular complexity index is 81.0. The molecule has 1 aliphatic rings. The molecule has 2 N–H and O–H groups in total. The van der Waals surface area contributed by atoms with Crippen LogP contribution in [0.25, 0.3) is 0 Å². The van der Waals surface area contributed by atoms with E-state index < -0.39 is 0 Å². The van der Waals surface area contributed by atoms with Crippen molar-refractivity contribution < 1.29 is 4.74 Å². The number of hydrogen-bond donors (Lipinski definition) is 1. The zero-order chi connectivity index (χ0) is 6.69. The largest absolute Gasteiger partial charge is 0.373 e. The molecule has 1 fully saturated rings. The molecule has 54 valence electrons. The molecule has 0 radical (unpaired) electrons. The first-order chi connectivity index (χ1) is 4.33. The summed E-state index contributed by atoms with van der Waals surface area (Å²) in [5, 5.41) is 0. The molecule has 0 bridgehead atoms. The summed E-state index contributed by atoms with van der Waals surface area (Å²) in [6.45, 7) is 3.10. The van der Waals surface area contributed by atoms with Gasteiger partial charge in [0.25, 0.3) is 0 Å². The third kappa shape index (κ3) is 2.82. The quantitative estimate of drug-likeness (QED) is 0.573. The summed E-state index contributed by atoms with van der Waals surface area (Å²) in [6.07, 6.45) is 3.90. The molecule has 1 heterocycles. The van der Waals surface area contributed by atoms with Crippen LogP contribution in [0.5, 0.6) is 0 Å². The van der Waals surface area contributed by atoms with Gasteiger partial charge in [0.15, 0.2) is 0 Å². The number of epoxide rings is 1. The molecule has 1 rings (SSSR count). The number of hydrogen-bond acceptors (Lipinski definition) is 2. The van der Waals surface area contributed by atoms with E-state index in [4.69, 9.17) is 10.5 Å². The van der Waals surface area contributed by atoms with Crippen LogP contribution in [-0.4, -0.2) is 18.8 Å². The normalized spacial score (nSPS) is 28.0. The van der Waals surface area contributed by atoms with E-state index >= 15 is 0 Å². The minimum Gasteiger partial charge on any atom is -0.373 e. The lowest BCUT2D eigenvalue weighted by Gasteiger charge is -2.05. The van der Waals surface area contributed by atoms with Crippen molar-refractivity contribution in [2.45, 2.75) is 38.3 Å². The molecule has 1 saturated heterocycles. The van der Waals surface area contributed by atoms with Gasteiger partial charge in [-0.1, -0.05) is 13.3 Å². The highest BCUT2D eigenvalue weighted by Crippen LogP contribution is 2.16. The lowest BCUT2D eigenvalue weighted by Crippen LogP contribution is -2.21. The second-order valence-electron chi connectivity index (χ2n) is 2.74. The third-order valence-corrected chi connectivity index (χ3v) is 1.63. The molecule has 0 aromatic heterocycles. The van der Waals surface area contributed by atoms with Gasteiger partial charge < -0.3 is 10.5 Å². The van der Waals surface area contributed by atoms with Crippen molar-refractivity contribution in [1.29, 1.82) is 0 Å². The topological polar surface area (TPSA) is 38.5 Å². The van der Waals surface area contributed by atoms with Gasteiger partial charge in [0.1, 0.15) is 0 Å². The molecule has 0 aromatic carbocycles. The van der Waals surface area contributed by atoms with Gasteiger partial charge in [-0.25, -0.2) is 0 Å². The molecule has 1 aliphatic heterocycles. The van der Waals surface area contributed by atoms with E-state index in [1.165, 1.54) is 6.42 Å². The Morgan fingerprint density at radius 1 is 1.78 bits per heavy atom. The summed E-state index contributed by atoms with van der Waals surface area (Å²) >= 11 is 0. The van der Waals surface area contributed by atoms with Crippen molar-refractivity contribution in [2.24, 2.45) is 5.73 Å². The highest BCUT2D eigenvalue weighted by Gasteiger charge is 2.24. The van der Waals surface area contributed by atoms with Crippen LogP contribution in [0.4, 0.5) is 0 Å². The molecule has 0 aliphatic carbocycles. The Balaban J connectivity index is 1.95. The van der Waals surface area contributed by atoms with Crippen LogP contribution in [0, 0.1) is 0 Å². The standard InChI is InChI=1S/C7H15NO/c1-2-3-6(8)4-7-5-9-7/h6-7H,2-5,8H2,1H3. The molecule has 9 heavy (non-hydrogen) atoms. The first-order valence-corrected chi connectivity index (χ1v) is 3.70. The first kappa shape index (κ1) is 7.03. The Kier molecular flexibility index (Phi) is 2.49. The van der Waals surface area contributed by atoms with Crippen LogP contribution in [-0.2, 0) is 4.74 Å². The van der Waals surface area contributed by atoms with Crippen LogP contribution in [0.3, 0.4) is 0 Å². The molecule has 0 amide bonds. The summed E-state index contributed by atoms with van der Waals surface area (Å²) in [5.74, 6) is 0. The van der Waals surface area contributed by atoms with Crippen molar-refractivity contribution in [3.63, 3.8) is 0 Å². The second-order valence-corrected chi connectivity index (χ2v) is 2.74. The molecule has 0 aromatic rings. The van der Waals surface area contributed by atoms with Crippen LogP contribution in [0.2, 0.25) is 0 Å². The number of nitrogens with two attached hydrogens (primary N) is 1. The molecule has 2 atom stereocenters. The maximum absolute atomic E-state index is 5.75. The zero-order valence-electron chi connectivity index (χ0n) is 5.97. The van der Waals surface area contributed by atoms with E-state index in [-0.39, 0.29) is 0 Å². The van der Waals surface area contributed by atoms with Crippen molar-refractivity contribution in [2.75, 3.05) is 6.61 Å². The molecular weight excluding hydrogens is 114 g/mol. The lowest BCUT2D eigenvalue weighted by atomic mass is 10.1. The first-order valence-electron chi connectivity index (χ1n) is 3.70. The number of ether oxygens (including phenoxy) is 1. The van der Waals surface area contributed by atoms with Crippen LogP contribution in [0.15, 0.2) is 0 Å². The highest BCUT2D eigenvalue weighted by molar-refractivity contribution is 4.75. The molecule has 0 saturated carbocycles. The van der Waals surface area contributed by atoms with Crippen molar-refractivity contribution in [3.8, 4) is 0 Å². The molecule has 0 spiro atoms. The highest BCUT2D eigenvalue weighted by atomic mass is 16.6. The Hall–Kier alpha value is -0.0800. The second kappa shape index (κ2) is 3.18. The van der Waals surface area contributed by atoms with Crippen LogP contribution < -0.4 is 5.73 Å². The third-order valence-electron chi connectivity index (χ3n) is 1.63. The van der Waals surface area contributed by atoms with E-state index in [1.54, 1.807) is 0 Å². The predicted molar refractivity (Wildman–Crippen MR) is 37.2 cm³/mol. The van der Waals surface area contributed by atoms with Crippen molar-refractivity contribution >= 4 is 0 Å². The summed E-state index contributed by atoms with van der Waals surface area (Å²) in [6, 6.07) is 0.377. The maximum atomic E-state index is 5.75. The fourth-order valence-electron chi connectivity index (χ4n) is 1.03. The van der Waals surface area contributed by atoms with Crippen molar-refractivity contribution in [1.82, 2.24) is 0 Å². The SMILES string of the molecule is CCCC(N)CC1CO1. The van der Waals surface area contributed by atoms with Gasteiger partial charge in [0.05, 0.1) is 12.7 Å². The van der Waals surface area contributed by atoms with Crippen LogP contribution >= 0.6 is 0 Å². The fourth-order valence-corrected chi connectivity index (χ4v) is 1.03. The van der Waals surface area contributed by atoms with Gasteiger partial charge in [-0.3, -0.25) is 0 Å². The van der Waals surface area contributed by atoms with Crippen molar-refractivity contribution in [3.05, 3.63) is 0 Å². The van der Waals surface area contributed by atoms with Gasteiger partial charge in [0, 0.05) is 6.04 Å². The van der Waals surface area contributed by atoms with Gasteiger partial charge in [-0.15, -0.1) is 0 Å². The average Bonchev–Trinajstić information content (AvgIpc) is 2.50. The molecular formula is C7H15NO. The van der Waals surface area contributed by atoms with Gasteiger partial charge in [-0.2, -0.15) is 0 Å². The molecule has 2 unspecified atom stereocenters. The van der Waals surface area contributed by atoms with Gasteiger partial charge >= 0.3 is 0 Å². The monoisotopic (exact) mass is 129 g/mol. The summed E-state index contributed by atoms with van der Waals surface area (Å²) < 4.78 is 5.05. The van der Waals surface area contributed by atoms with E-state index in [2.05, 4.69) is 6.92 Å². The zero-order valence-corrected chi connectivity index (χ0v) is 5.97.